The average molecular weight is 208 g/mol. The van der Waals surface area contributed by atoms with Gasteiger partial charge in [0, 0.05) is 11.1 Å². The van der Waals surface area contributed by atoms with Crippen LogP contribution in [0.25, 0.3) is 0 Å². The summed E-state index contributed by atoms with van der Waals surface area (Å²) in [5, 5.41) is 0. The van der Waals surface area contributed by atoms with E-state index in [0.29, 0.717) is 23.9 Å². The van der Waals surface area contributed by atoms with Gasteiger partial charge in [0.25, 0.3) is 0 Å². The normalized spacial score (nSPS) is 26.3. The molecule has 0 aromatic carbocycles. The van der Waals surface area contributed by atoms with Gasteiger partial charge in [-0.15, -0.1) is 0 Å². The highest BCUT2D eigenvalue weighted by molar-refractivity contribution is 6.34. The molecule has 0 heterocycles. The van der Waals surface area contributed by atoms with E-state index in [1.807, 2.05) is 6.92 Å². The van der Waals surface area contributed by atoms with Crippen molar-refractivity contribution < 1.29 is 14.4 Å². The van der Waals surface area contributed by atoms with Crippen molar-refractivity contribution in [2.75, 3.05) is 0 Å². The first-order valence-electron chi connectivity index (χ1n) is 5.24. The number of unbranched alkanes of at least 4 members (excludes halogenated alkanes) is 1. The fourth-order valence-corrected chi connectivity index (χ4v) is 1.88. The van der Waals surface area contributed by atoms with E-state index in [1.54, 1.807) is 6.92 Å². The van der Waals surface area contributed by atoms with Crippen LogP contribution in [0.5, 0.6) is 0 Å². The first-order valence-corrected chi connectivity index (χ1v) is 5.24. The summed E-state index contributed by atoms with van der Waals surface area (Å²) in [5.74, 6) is -0.623. The van der Waals surface area contributed by atoms with Gasteiger partial charge in [-0.2, -0.15) is 0 Å². The van der Waals surface area contributed by atoms with E-state index in [-0.39, 0.29) is 11.6 Å². The highest BCUT2D eigenvalue weighted by atomic mass is 16.2. The SMILES string of the molecule is CCCCC1=C(C)C(=O)[C@](C)(C=O)C1=O. The molecule has 0 radical (unpaired) electrons. The van der Waals surface area contributed by atoms with Gasteiger partial charge in [-0.1, -0.05) is 13.3 Å². The van der Waals surface area contributed by atoms with Crippen molar-refractivity contribution in [3.05, 3.63) is 11.1 Å². The molecule has 1 aliphatic carbocycles. The molecule has 82 valence electrons. The van der Waals surface area contributed by atoms with Crippen molar-refractivity contribution in [2.45, 2.75) is 40.0 Å². The van der Waals surface area contributed by atoms with Gasteiger partial charge in [-0.25, -0.2) is 0 Å². The summed E-state index contributed by atoms with van der Waals surface area (Å²) in [7, 11) is 0. The zero-order valence-corrected chi connectivity index (χ0v) is 9.42. The van der Waals surface area contributed by atoms with Gasteiger partial charge in [0.15, 0.2) is 11.6 Å². The number of carbonyl (C=O) groups excluding carboxylic acids is 3. The van der Waals surface area contributed by atoms with E-state index in [9.17, 15) is 14.4 Å². The van der Waals surface area contributed by atoms with Gasteiger partial charge < -0.3 is 4.79 Å². The Hall–Kier alpha value is -1.25. The lowest BCUT2D eigenvalue weighted by Gasteiger charge is -2.12. The van der Waals surface area contributed by atoms with Gasteiger partial charge in [0.1, 0.15) is 11.7 Å². The Balaban J connectivity index is 3.03. The summed E-state index contributed by atoms with van der Waals surface area (Å²) < 4.78 is 0. The van der Waals surface area contributed by atoms with Crippen molar-refractivity contribution in [3.8, 4) is 0 Å². The van der Waals surface area contributed by atoms with Crippen molar-refractivity contribution in [1.82, 2.24) is 0 Å². The molecule has 0 amide bonds. The predicted molar refractivity (Wildman–Crippen MR) is 56.4 cm³/mol. The molecule has 3 nitrogen and oxygen atoms in total. The molecule has 1 aliphatic rings. The quantitative estimate of drug-likeness (QED) is 0.523. The maximum absolute atomic E-state index is 11.9. The predicted octanol–water partition coefficient (Wildman–Crippen LogP) is 1.85. The Morgan fingerprint density at radius 3 is 2.27 bits per heavy atom. The van der Waals surface area contributed by atoms with Gasteiger partial charge in [-0.05, 0) is 26.7 Å². The lowest BCUT2D eigenvalue weighted by molar-refractivity contribution is -0.137. The van der Waals surface area contributed by atoms with E-state index in [2.05, 4.69) is 0 Å². The second-order valence-corrected chi connectivity index (χ2v) is 4.19. The number of aldehydes is 1. The smallest absolute Gasteiger partial charge is 0.180 e. The topological polar surface area (TPSA) is 51.2 Å². The van der Waals surface area contributed by atoms with Crippen LogP contribution in [-0.4, -0.2) is 17.9 Å². The summed E-state index contributed by atoms with van der Waals surface area (Å²) in [6.07, 6.45) is 2.92. The Bertz CT molecular complexity index is 352. The van der Waals surface area contributed by atoms with Crippen LogP contribution in [0.2, 0.25) is 0 Å². The summed E-state index contributed by atoms with van der Waals surface area (Å²) in [4.78, 5) is 34.5. The Kier molecular flexibility index (Phi) is 3.22. The van der Waals surface area contributed by atoms with Gasteiger partial charge in [-0.3, -0.25) is 9.59 Å². The number of carbonyl (C=O) groups is 3. The number of Topliss-reactive ketones (excluding diaryl/α,β-unsaturated/α-hetero) is 2. The number of hydrogen-bond donors (Lipinski definition) is 0. The summed E-state index contributed by atoms with van der Waals surface area (Å²) >= 11 is 0. The molecule has 0 N–H and O–H groups in total. The van der Waals surface area contributed by atoms with Gasteiger partial charge in [0.2, 0.25) is 0 Å². The van der Waals surface area contributed by atoms with E-state index >= 15 is 0 Å². The molecule has 0 bridgehead atoms. The number of allylic oxidation sites excluding steroid dienone is 2. The summed E-state index contributed by atoms with van der Waals surface area (Å²) in [6.45, 7) is 5.07. The molecule has 0 unspecified atom stereocenters. The van der Waals surface area contributed by atoms with Crippen molar-refractivity contribution in [2.24, 2.45) is 5.41 Å². The second kappa shape index (κ2) is 4.09. The van der Waals surface area contributed by atoms with Crippen LogP contribution < -0.4 is 0 Å². The molecule has 0 saturated heterocycles. The van der Waals surface area contributed by atoms with Crippen molar-refractivity contribution >= 4 is 17.9 Å². The van der Waals surface area contributed by atoms with E-state index in [4.69, 9.17) is 0 Å². The molecule has 0 aromatic rings. The molecule has 15 heavy (non-hydrogen) atoms. The van der Waals surface area contributed by atoms with Crippen LogP contribution in [-0.2, 0) is 14.4 Å². The van der Waals surface area contributed by atoms with Crippen molar-refractivity contribution in [3.63, 3.8) is 0 Å². The molecular formula is C12H16O3. The lowest BCUT2D eigenvalue weighted by Crippen LogP contribution is -2.33. The number of rotatable bonds is 4. The zero-order valence-electron chi connectivity index (χ0n) is 9.42. The third kappa shape index (κ3) is 1.66. The minimum Gasteiger partial charge on any atom is -0.302 e. The van der Waals surface area contributed by atoms with Crippen LogP contribution in [0.1, 0.15) is 40.0 Å². The first kappa shape index (κ1) is 11.8. The van der Waals surface area contributed by atoms with Crippen LogP contribution in [0.4, 0.5) is 0 Å². The maximum Gasteiger partial charge on any atom is 0.180 e. The standard InChI is InChI=1S/C12H16O3/c1-4-5-6-9-8(2)10(14)12(3,7-13)11(9)15/h7H,4-6H2,1-3H3/t12-/m0/s1. The number of hydrogen-bond acceptors (Lipinski definition) is 3. The van der Waals surface area contributed by atoms with Gasteiger partial charge >= 0.3 is 0 Å². The average Bonchev–Trinajstić information content (AvgIpc) is 2.40. The van der Waals surface area contributed by atoms with Crippen LogP contribution in [0.15, 0.2) is 11.1 Å². The molecule has 1 rings (SSSR count). The van der Waals surface area contributed by atoms with Crippen LogP contribution >= 0.6 is 0 Å². The molecule has 0 saturated carbocycles. The fraction of sp³-hybridized carbons (Fsp3) is 0.583. The minimum absolute atomic E-state index is 0.298. The van der Waals surface area contributed by atoms with Crippen LogP contribution in [0, 0.1) is 5.41 Å². The molecule has 0 spiro atoms. The van der Waals surface area contributed by atoms with E-state index in [0.717, 1.165) is 12.8 Å². The second-order valence-electron chi connectivity index (χ2n) is 4.19. The Morgan fingerprint density at radius 1 is 1.27 bits per heavy atom. The molecule has 0 fully saturated rings. The van der Waals surface area contributed by atoms with E-state index in [1.165, 1.54) is 6.92 Å². The summed E-state index contributed by atoms with van der Waals surface area (Å²) in [6, 6.07) is 0. The third-order valence-electron chi connectivity index (χ3n) is 3.03. The molecule has 0 aromatic heterocycles. The highest BCUT2D eigenvalue weighted by Gasteiger charge is 2.48. The Morgan fingerprint density at radius 2 is 1.87 bits per heavy atom. The fourth-order valence-electron chi connectivity index (χ4n) is 1.88. The Labute approximate surface area is 89.5 Å². The third-order valence-corrected chi connectivity index (χ3v) is 3.03. The highest BCUT2D eigenvalue weighted by Crippen LogP contribution is 2.35. The lowest BCUT2D eigenvalue weighted by atomic mass is 9.85. The zero-order chi connectivity index (χ0) is 11.6. The molecule has 3 heteroatoms. The molecular weight excluding hydrogens is 192 g/mol. The van der Waals surface area contributed by atoms with Gasteiger partial charge in [0.05, 0.1) is 0 Å². The molecule has 0 aliphatic heterocycles. The van der Waals surface area contributed by atoms with Crippen LogP contribution in [0.3, 0.4) is 0 Å². The molecule has 1 atom stereocenters. The monoisotopic (exact) mass is 208 g/mol. The van der Waals surface area contributed by atoms with E-state index < -0.39 is 5.41 Å². The largest absolute Gasteiger partial charge is 0.302 e. The summed E-state index contributed by atoms with van der Waals surface area (Å²) in [5.41, 5.74) is -0.410. The number of ketones is 2. The van der Waals surface area contributed by atoms with Crippen molar-refractivity contribution in [1.29, 1.82) is 0 Å². The maximum atomic E-state index is 11.9. The first-order chi connectivity index (χ1) is 6.99. The minimum atomic E-state index is -1.44.